The maximum absolute atomic E-state index is 2.29. The van der Waals surface area contributed by atoms with Gasteiger partial charge in [-0.25, -0.2) is 0 Å². The molecule has 10 aromatic carbocycles. The Bertz CT molecular complexity index is 3450. The number of rotatable bonds is 8. The first-order valence-corrected chi connectivity index (χ1v) is 27.9. The second kappa shape index (κ2) is 29.1. The molecule has 0 radical (unpaired) electrons. The minimum Gasteiger partial charge on any atom is -0.0617 e. The van der Waals surface area contributed by atoms with Crippen molar-refractivity contribution in [2.24, 2.45) is 0 Å². The van der Waals surface area contributed by atoms with Crippen molar-refractivity contribution in [3.8, 4) is 22.3 Å². The smallest absolute Gasteiger partial charge is 0.00255 e. The van der Waals surface area contributed by atoms with Gasteiger partial charge in [0.15, 0.2) is 0 Å². The van der Waals surface area contributed by atoms with Gasteiger partial charge in [0, 0.05) is 0 Å². The van der Waals surface area contributed by atoms with E-state index in [0.29, 0.717) is 0 Å². The van der Waals surface area contributed by atoms with Crippen LogP contribution in [0.5, 0.6) is 0 Å². The van der Waals surface area contributed by atoms with Gasteiger partial charge in [-0.3, -0.25) is 0 Å². The summed E-state index contributed by atoms with van der Waals surface area (Å²) in [4.78, 5) is 0. The fourth-order valence-electron chi connectivity index (χ4n) is 9.85. The minimum atomic E-state index is 1.03. The number of aryl methyl sites for hydroxylation is 15. The van der Waals surface area contributed by atoms with Crippen LogP contribution in [-0.2, 0) is 19.3 Å². The summed E-state index contributed by atoms with van der Waals surface area (Å²) < 4.78 is 0. The zero-order chi connectivity index (χ0) is 56.3. The lowest BCUT2D eigenvalue weighted by atomic mass is 9.98. The van der Waals surface area contributed by atoms with Crippen molar-refractivity contribution >= 4 is 0 Å². The van der Waals surface area contributed by atoms with E-state index in [-0.39, 0.29) is 0 Å². The molecule has 0 heterocycles. The van der Waals surface area contributed by atoms with Crippen molar-refractivity contribution in [2.45, 2.75) is 123 Å². The van der Waals surface area contributed by atoms with E-state index in [1.54, 1.807) is 0 Å². The molecule has 0 aliphatic rings. The lowest BCUT2D eigenvalue weighted by Crippen LogP contribution is -1.91. The van der Waals surface area contributed by atoms with Crippen LogP contribution in [0.2, 0.25) is 0 Å². The van der Waals surface area contributed by atoms with E-state index in [9.17, 15) is 0 Å². The average molecular weight is 1020 g/mol. The highest BCUT2D eigenvalue weighted by atomic mass is 14.1. The second-order valence-corrected chi connectivity index (χ2v) is 22.3. The molecule has 0 amide bonds. The van der Waals surface area contributed by atoms with Crippen LogP contribution in [0.3, 0.4) is 0 Å². The normalized spacial score (nSPS) is 10.4. The third kappa shape index (κ3) is 19.6. The molecule has 398 valence electrons. The van der Waals surface area contributed by atoms with Crippen molar-refractivity contribution < 1.29 is 0 Å². The Morgan fingerprint density at radius 2 is 0.526 bits per heavy atom. The lowest BCUT2D eigenvalue weighted by molar-refractivity contribution is 1.16. The van der Waals surface area contributed by atoms with Crippen molar-refractivity contribution in [3.63, 3.8) is 0 Å². The van der Waals surface area contributed by atoms with E-state index in [1.165, 1.54) is 139 Å². The van der Waals surface area contributed by atoms with Gasteiger partial charge in [0.1, 0.15) is 0 Å². The summed E-state index contributed by atoms with van der Waals surface area (Å²) in [6.45, 7) is 32.2. The molecule has 0 saturated heterocycles. The molecular weight excluding hydrogens is 937 g/mol. The van der Waals surface area contributed by atoms with Crippen LogP contribution in [-0.4, -0.2) is 0 Å². The minimum absolute atomic E-state index is 1.03. The molecular formula is C78H86. The lowest BCUT2D eigenvalue weighted by Gasteiger charge is -2.07. The zero-order valence-electron chi connectivity index (χ0n) is 49.8. The first-order chi connectivity index (χ1) is 37.2. The molecule has 10 rings (SSSR count). The molecule has 0 heteroatoms. The first kappa shape index (κ1) is 59.4. The monoisotopic (exact) mass is 1020 g/mol. The molecule has 78 heavy (non-hydrogen) atoms. The van der Waals surface area contributed by atoms with Crippen molar-refractivity contribution in [1.29, 1.82) is 0 Å². The van der Waals surface area contributed by atoms with Crippen molar-refractivity contribution in [2.75, 3.05) is 0 Å². The Labute approximate surface area is 472 Å². The Kier molecular flexibility index (Phi) is 22.2. The summed E-state index contributed by atoms with van der Waals surface area (Å²) in [7, 11) is 0. The zero-order valence-corrected chi connectivity index (χ0v) is 49.8. The van der Waals surface area contributed by atoms with E-state index in [2.05, 4.69) is 316 Å². The first-order valence-electron chi connectivity index (χ1n) is 27.9. The highest BCUT2D eigenvalue weighted by Gasteiger charge is 2.04. The van der Waals surface area contributed by atoms with E-state index in [4.69, 9.17) is 0 Å². The topological polar surface area (TPSA) is 0 Å². The fraction of sp³-hybridized carbons (Fsp3) is 0.231. The molecule has 10 aromatic rings. The van der Waals surface area contributed by atoms with Gasteiger partial charge >= 0.3 is 0 Å². The van der Waals surface area contributed by atoms with E-state index < -0.39 is 0 Å². The SMILES string of the molecule is Cc1ccc(-c2ccc(C)c(C)c2)cc1.Cc1ccc(-c2ccc(C)cc2C)cc1.Cc1ccc(Cc2cc(C)cc(C)c2)cc1.Cc1cccc(Cc2cc(C)cc(C)c2)c1.Cc1cccc(Cc2ccc(C)c(C)c2)c1. The van der Waals surface area contributed by atoms with Gasteiger partial charge in [0.2, 0.25) is 0 Å². The molecule has 0 atom stereocenters. The van der Waals surface area contributed by atoms with E-state index in [0.717, 1.165) is 19.3 Å². The Morgan fingerprint density at radius 3 is 0.974 bits per heavy atom. The Morgan fingerprint density at radius 1 is 0.179 bits per heavy atom. The maximum Gasteiger partial charge on any atom is -0.00255 e. The van der Waals surface area contributed by atoms with Crippen LogP contribution in [0.1, 0.15) is 117 Å². The highest BCUT2D eigenvalue weighted by Crippen LogP contribution is 2.25. The fourth-order valence-corrected chi connectivity index (χ4v) is 9.85. The Hall–Kier alpha value is -7.80. The third-order valence-electron chi connectivity index (χ3n) is 14.3. The molecule has 0 N–H and O–H groups in total. The predicted octanol–water partition coefficient (Wildman–Crippen LogP) is 21.2. The second-order valence-electron chi connectivity index (χ2n) is 22.3. The molecule has 0 aromatic heterocycles. The van der Waals surface area contributed by atoms with Crippen LogP contribution in [0, 0.1) is 104 Å². The van der Waals surface area contributed by atoms with Crippen LogP contribution in [0.25, 0.3) is 22.3 Å². The van der Waals surface area contributed by atoms with Gasteiger partial charge in [-0.2, -0.15) is 0 Å². The molecule has 0 nitrogen and oxygen atoms in total. The van der Waals surface area contributed by atoms with Gasteiger partial charge in [-0.1, -0.05) is 268 Å². The molecule has 0 unspecified atom stereocenters. The van der Waals surface area contributed by atoms with E-state index >= 15 is 0 Å². The highest BCUT2D eigenvalue weighted by molar-refractivity contribution is 5.68. The predicted molar refractivity (Wildman–Crippen MR) is 342 cm³/mol. The van der Waals surface area contributed by atoms with Crippen LogP contribution < -0.4 is 0 Å². The summed E-state index contributed by atoms with van der Waals surface area (Å²) in [6.07, 6.45) is 3.09. The number of hydrogen-bond donors (Lipinski definition) is 0. The maximum atomic E-state index is 2.29. The summed E-state index contributed by atoms with van der Waals surface area (Å²) >= 11 is 0. The summed E-state index contributed by atoms with van der Waals surface area (Å²) in [5.41, 5.74) is 33.7. The molecule has 0 spiro atoms. The van der Waals surface area contributed by atoms with Gasteiger partial charge in [-0.05, 0) is 207 Å². The molecule has 0 bridgehead atoms. The van der Waals surface area contributed by atoms with Gasteiger partial charge in [-0.15, -0.1) is 0 Å². The van der Waals surface area contributed by atoms with Crippen LogP contribution in [0.4, 0.5) is 0 Å². The summed E-state index contributed by atoms with van der Waals surface area (Å²) in [5, 5.41) is 0. The van der Waals surface area contributed by atoms with Crippen LogP contribution in [0.15, 0.2) is 212 Å². The molecule has 0 saturated carbocycles. The number of hydrogen-bond acceptors (Lipinski definition) is 0. The van der Waals surface area contributed by atoms with Crippen LogP contribution >= 0.6 is 0 Å². The van der Waals surface area contributed by atoms with Crippen molar-refractivity contribution in [1.82, 2.24) is 0 Å². The standard InChI is InChI=1S/3C16H18.2C15H16/c1-12-4-6-15(7-5-12)11-16-9-13(2)8-14(3)10-16;1-12-5-4-6-15(8-12)11-16-9-13(2)7-14(3)10-16;1-12-5-4-6-15(9-12)11-16-8-7-13(2)14(3)10-16;1-11-4-7-14(8-5-11)15-9-6-12(2)13(3)10-15;1-11-4-7-14(8-5-11)15-9-6-12(2)10-13(15)3/h3*4-10H,11H2,1-3H3;2*4-10H,1-3H3. The quantitative estimate of drug-likeness (QED) is 0.142. The van der Waals surface area contributed by atoms with Gasteiger partial charge < -0.3 is 0 Å². The van der Waals surface area contributed by atoms with Gasteiger partial charge in [0.25, 0.3) is 0 Å². The van der Waals surface area contributed by atoms with Crippen molar-refractivity contribution in [3.05, 3.63) is 329 Å². The average Bonchev–Trinajstić information content (AvgIpc) is 3.39. The molecule has 0 fully saturated rings. The Balaban J connectivity index is 0.000000158. The van der Waals surface area contributed by atoms with E-state index in [1.807, 2.05) is 0 Å². The summed E-state index contributed by atoms with van der Waals surface area (Å²) in [5.74, 6) is 0. The molecule has 0 aliphatic heterocycles. The molecule has 0 aliphatic carbocycles. The van der Waals surface area contributed by atoms with Gasteiger partial charge in [0.05, 0.1) is 0 Å². The number of benzene rings is 10. The summed E-state index contributed by atoms with van der Waals surface area (Å²) in [6, 6.07) is 77.1. The third-order valence-corrected chi connectivity index (χ3v) is 14.3. The largest absolute Gasteiger partial charge is 0.0617 e.